The van der Waals surface area contributed by atoms with E-state index in [1.165, 1.54) is 12.1 Å². The molecular weight excluding hydrogens is 693 g/mol. The molecule has 0 spiro atoms. The summed E-state index contributed by atoms with van der Waals surface area (Å²) >= 11 is 6.04. The molecule has 0 aliphatic heterocycles. The van der Waals surface area contributed by atoms with Crippen molar-refractivity contribution in [3.63, 3.8) is 0 Å². The molecular formula is C40H35ClFN9O2. The Morgan fingerprint density at radius 3 is 1.92 bits per heavy atom. The van der Waals surface area contributed by atoms with Crippen molar-refractivity contribution in [3.05, 3.63) is 137 Å². The molecule has 4 atom stereocenters. The lowest BCUT2D eigenvalue weighted by Crippen LogP contribution is -2.36. The van der Waals surface area contributed by atoms with Gasteiger partial charge < -0.3 is 20.6 Å². The third-order valence-electron chi connectivity index (χ3n) is 10.5. The number of hydrogen-bond acceptors (Lipinski definition) is 5. The number of aromatic nitrogens is 6. The molecule has 4 N–H and O–H groups in total. The third-order valence-corrected chi connectivity index (χ3v) is 10.8. The van der Waals surface area contributed by atoms with Crippen LogP contribution in [-0.2, 0) is 18.1 Å². The van der Waals surface area contributed by atoms with E-state index in [-0.39, 0.29) is 29.1 Å². The number of H-pyrrole nitrogens is 2. The van der Waals surface area contributed by atoms with Gasteiger partial charge in [-0.15, -0.1) is 0 Å². The zero-order valence-corrected chi connectivity index (χ0v) is 29.9. The highest BCUT2D eigenvalue weighted by atomic mass is 35.5. The van der Waals surface area contributed by atoms with Crippen LogP contribution in [0.15, 0.2) is 97.6 Å². The van der Waals surface area contributed by atoms with Gasteiger partial charge in [-0.3, -0.25) is 14.3 Å². The molecule has 11 nitrogen and oxygen atoms in total. The van der Waals surface area contributed by atoms with E-state index >= 15 is 0 Å². The lowest BCUT2D eigenvalue weighted by Gasteiger charge is -2.17. The Morgan fingerprint density at radius 2 is 1.38 bits per heavy atom. The highest BCUT2D eigenvalue weighted by molar-refractivity contribution is 6.31. The summed E-state index contributed by atoms with van der Waals surface area (Å²) in [5, 5.41) is 26.3. The second kappa shape index (κ2) is 12.8. The number of fused-ring (bicyclic) bond motifs is 2. The van der Waals surface area contributed by atoms with Crippen LogP contribution in [0.4, 0.5) is 4.39 Å². The Kier molecular flexibility index (Phi) is 8.19. The number of aryl methyl sites for hydroxylation is 1. The number of carbonyl (C=O) groups excluding carboxylic acids is 2. The van der Waals surface area contributed by atoms with Crippen LogP contribution >= 0.6 is 11.6 Å². The molecule has 2 aliphatic carbocycles. The van der Waals surface area contributed by atoms with E-state index in [4.69, 9.17) is 16.9 Å². The fourth-order valence-electron chi connectivity index (χ4n) is 7.18. The average molecular weight is 728 g/mol. The summed E-state index contributed by atoms with van der Waals surface area (Å²) in [6.45, 7) is 4.22. The molecule has 2 saturated carbocycles. The number of hydrogen-bond donors (Lipinski definition) is 4. The molecule has 2 fully saturated rings. The van der Waals surface area contributed by atoms with Crippen molar-refractivity contribution < 1.29 is 14.0 Å². The summed E-state index contributed by atoms with van der Waals surface area (Å²) in [5.41, 5.74) is 5.23. The minimum Gasteiger partial charge on any atom is -0.351 e. The van der Waals surface area contributed by atoms with Crippen molar-refractivity contribution in [3.8, 4) is 11.8 Å². The maximum absolute atomic E-state index is 13.2. The largest absolute Gasteiger partial charge is 0.351 e. The molecule has 4 unspecified atom stereocenters. The molecule has 0 bridgehead atoms. The number of rotatable bonds is 7. The predicted molar refractivity (Wildman–Crippen MR) is 199 cm³/mol. The van der Waals surface area contributed by atoms with Crippen molar-refractivity contribution in [2.45, 2.75) is 37.8 Å². The van der Waals surface area contributed by atoms with E-state index in [1.807, 2.05) is 43.8 Å². The van der Waals surface area contributed by atoms with E-state index in [9.17, 15) is 14.0 Å². The van der Waals surface area contributed by atoms with Gasteiger partial charge in [0.15, 0.2) is 0 Å². The molecule has 3 aromatic carbocycles. The van der Waals surface area contributed by atoms with E-state index in [0.29, 0.717) is 27.9 Å². The van der Waals surface area contributed by atoms with Crippen LogP contribution in [0, 0.1) is 29.0 Å². The maximum Gasteiger partial charge on any atom is 0.268 e. The topological polar surface area (TPSA) is 149 Å². The Hall–Kier alpha value is -6.19. The second-order valence-electron chi connectivity index (χ2n) is 14.1. The van der Waals surface area contributed by atoms with Crippen LogP contribution in [0.1, 0.15) is 64.4 Å². The van der Waals surface area contributed by atoms with Gasteiger partial charge >= 0.3 is 0 Å². The molecule has 266 valence electrons. The Labute approximate surface area is 308 Å². The van der Waals surface area contributed by atoms with Crippen molar-refractivity contribution >= 4 is 45.2 Å². The number of halogens is 2. The Morgan fingerprint density at radius 1 is 0.830 bits per heavy atom. The van der Waals surface area contributed by atoms with Gasteiger partial charge in [0.1, 0.15) is 17.2 Å². The average Bonchev–Trinajstić information content (AvgIpc) is 3.62. The van der Waals surface area contributed by atoms with Crippen molar-refractivity contribution in [1.29, 1.82) is 5.26 Å². The summed E-state index contributed by atoms with van der Waals surface area (Å²) in [7, 11) is 1.87. The van der Waals surface area contributed by atoms with Gasteiger partial charge in [-0.1, -0.05) is 25.4 Å². The van der Waals surface area contributed by atoms with Crippen molar-refractivity contribution in [2.75, 3.05) is 0 Å². The second-order valence-corrected chi connectivity index (χ2v) is 14.6. The first kappa shape index (κ1) is 33.9. The first-order valence-corrected chi connectivity index (χ1v) is 17.6. The molecule has 7 aromatic rings. The normalized spacial score (nSPS) is 21.4. The zero-order chi connectivity index (χ0) is 37.1. The summed E-state index contributed by atoms with van der Waals surface area (Å²) < 4.78 is 16.6. The van der Waals surface area contributed by atoms with E-state index in [1.54, 1.807) is 58.0 Å². The predicted octanol–water partition coefficient (Wildman–Crippen LogP) is 7.25. The SMILES string of the molecule is CC1CC1(NC(=O)c1cc2cc(C#N)ccc2[nH]1)c1cnn(C)c1.CC1CC1(NC(=O)c1cc2cc(Cl)ccc2[nH]1)c1cnn(-c2ccc(F)cc2)c1. The lowest BCUT2D eigenvalue weighted by atomic mass is 10.1. The van der Waals surface area contributed by atoms with Crippen LogP contribution in [-0.4, -0.2) is 41.3 Å². The number of nitriles is 1. The maximum atomic E-state index is 13.2. The summed E-state index contributed by atoms with van der Waals surface area (Å²) in [6.07, 6.45) is 9.16. The zero-order valence-electron chi connectivity index (χ0n) is 29.1. The molecule has 9 rings (SSSR count). The molecule has 2 amide bonds. The summed E-state index contributed by atoms with van der Waals surface area (Å²) in [5.74, 6) is 0.0609. The van der Waals surface area contributed by atoms with Gasteiger partial charge in [-0.05, 0) is 97.5 Å². The number of nitrogens with zero attached hydrogens (tertiary/aromatic N) is 5. The number of amides is 2. The molecule has 0 saturated heterocycles. The molecule has 4 heterocycles. The minimum absolute atomic E-state index is 0.141. The van der Waals surface area contributed by atoms with Crippen molar-refractivity contribution in [1.82, 2.24) is 40.2 Å². The molecule has 4 aromatic heterocycles. The molecule has 53 heavy (non-hydrogen) atoms. The van der Waals surface area contributed by atoms with Crippen molar-refractivity contribution in [2.24, 2.45) is 18.9 Å². The van der Waals surface area contributed by atoms with Gasteiger partial charge in [0.25, 0.3) is 11.8 Å². The van der Waals surface area contributed by atoms with Crippen LogP contribution in [0.5, 0.6) is 0 Å². The fraction of sp³-hybridized carbons (Fsp3) is 0.225. The fourth-order valence-corrected chi connectivity index (χ4v) is 7.36. The number of benzene rings is 3. The smallest absolute Gasteiger partial charge is 0.268 e. The van der Waals surface area contributed by atoms with Gasteiger partial charge in [-0.25, -0.2) is 9.07 Å². The van der Waals surface area contributed by atoms with Crippen LogP contribution in [0.2, 0.25) is 5.02 Å². The Balaban J connectivity index is 0.000000154. The highest BCUT2D eigenvalue weighted by Crippen LogP contribution is 2.52. The van der Waals surface area contributed by atoms with Gasteiger partial charge in [0.05, 0.1) is 40.8 Å². The number of aromatic amines is 2. The van der Waals surface area contributed by atoms with Gasteiger partial charge in [0.2, 0.25) is 0 Å². The Bertz CT molecular complexity index is 2580. The van der Waals surface area contributed by atoms with Crippen LogP contribution in [0.3, 0.4) is 0 Å². The number of carbonyl (C=O) groups is 2. The van der Waals surface area contributed by atoms with Gasteiger partial charge in [-0.2, -0.15) is 15.5 Å². The lowest BCUT2D eigenvalue weighted by molar-refractivity contribution is 0.0914. The molecule has 0 radical (unpaired) electrons. The van der Waals surface area contributed by atoms with E-state index < -0.39 is 5.54 Å². The third kappa shape index (κ3) is 6.33. The quantitative estimate of drug-likeness (QED) is 0.137. The minimum atomic E-state index is -0.454. The highest BCUT2D eigenvalue weighted by Gasteiger charge is 2.55. The van der Waals surface area contributed by atoms with Crippen LogP contribution < -0.4 is 10.6 Å². The van der Waals surface area contributed by atoms with Gasteiger partial charge in [0, 0.05) is 57.4 Å². The summed E-state index contributed by atoms with van der Waals surface area (Å²) in [4.78, 5) is 31.9. The standard InChI is InChI=1S/C22H18ClFN4O.C18H17N5O/c1-13-10-22(13,15-11-25-28(12-15)18-5-3-17(24)4-6-18)27-21(29)20-9-14-8-16(23)2-7-19(14)26-20;1-11-7-18(11,14-9-20-23(2)10-14)22-17(24)16-6-13-5-12(8-19)3-4-15(13)21-16/h2-9,11-13,26H,10H2,1H3,(H,27,29);3-6,9-11,21H,7H2,1-2H3,(H,22,24). The monoisotopic (exact) mass is 727 g/mol. The first-order valence-electron chi connectivity index (χ1n) is 17.2. The first-order chi connectivity index (χ1) is 25.5. The van der Waals surface area contributed by atoms with Crippen LogP contribution in [0.25, 0.3) is 27.5 Å². The summed E-state index contributed by atoms with van der Waals surface area (Å²) in [6, 6.07) is 22.6. The van der Waals surface area contributed by atoms with E-state index in [2.05, 4.69) is 50.7 Å². The van der Waals surface area contributed by atoms with E-state index in [0.717, 1.165) is 51.5 Å². The molecule has 2 aliphatic rings. The molecule has 13 heteroatoms. The number of nitrogens with one attached hydrogen (secondary N) is 4.